The van der Waals surface area contributed by atoms with Crippen LogP contribution in [-0.2, 0) is 0 Å². The number of aromatic nitrogens is 2. The van der Waals surface area contributed by atoms with Gasteiger partial charge in [0, 0.05) is 30.6 Å². The summed E-state index contributed by atoms with van der Waals surface area (Å²) in [5.41, 5.74) is 0.843. The molecule has 0 radical (unpaired) electrons. The number of fused-ring (bicyclic) bond motifs is 1. The molecule has 3 N–H and O–H groups in total. The Morgan fingerprint density at radius 2 is 1.93 bits per heavy atom. The van der Waals surface area contributed by atoms with Crippen molar-refractivity contribution in [2.24, 2.45) is 0 Å². The number of hydrogen-bond donors (Lipinski definition) is 3. The number of nitrogens with one attached hydrogen (secondary N) is 3. The number of ether oxygens (including phenoxy) is 2. The number of benzene rings is 1. The molecule has 2 aromatic rings. The molecule has 0 aliphatic carbocycles. The molecule has 1 atom stereocenters. The number of rotatable bonds is 10. The highest BCUT2D eigenvalue weighted by Gasteiger charge is 2.18. The van der Waals surface area contributed by atoms with Crippen molar-refractivity contribution in [3.8, 4) is 11.5 Å². The Bertz CT molecular complexity index is 762. The van der Waals surface area contributed by atoms with E-state index in [1.54, 1.807) is 14.2 Å². The van der Waals surface area contributed by atoms with Crippen LogP contribution in [0.2, 0.25) is 0 Å². The summed E-state index contributed by atoms with van der Waals surface area (Å²) in [6.45, 7) is 5.12. The summed E-state index contributed by atoms with van der Waals surface area (Å²) in [7, 11) is 3.29. The van der Waals surface area contributed by atoms with Crippen molar-refractivity contribution in [2.45, 2.75) is 51.5 Å². The molecule has 0 saturated carbocycles. The molecule has 7 heteroatoms. The van der Waals surface area contributed by atoms with E-state index in [0.717, 1.165) is 49.2 Å². The van der Waals surface area contributed by atoms with Gasteiger partial charge in [-0.05, 0) is 31.9 Å². The maximum atomic E-state index is 5.49. The zero-order valence-corrected chi connectivity index (χ0v) is 17.3. The lowest BCUT2D eigenvalue weighted by atomic mass is 10.1. The van der Waals surface area contributed by atoms with E-state index in [1.165, 1.54) is 25.7 Å². The zero-order valence-electron chi connectivity index (χ0n) is 17.3. The first-order valence-electron chi connectivity index (χ1n) is 10.4. The van der Waals surface area contributed by atoms with E-state index >= 15 is 0 Å². The van der Waals surface area contributed by atoms with Gasteiger partial charge in [0.25, 0.3) is 0 Å². The summed E-state index contributed by atoms with van der Waals surface area (Å²) < 4.78 is 10.9. The van der Waals surface area contributed by atoms with Crippen molar-refractivity contribution in [3.63, 3.8) is 0 Å². The Morgan fingerprint density at radius 1 is 1.11 bits per heavy atom. The van der Waals surface area contributed by atoms with Crippen molar-refractivity contribution in [2.75, 3.05) is 44.5 Å². The third-order valence-corrected chi connectivity index (χ3v) is 5.15. The van der Waals surface area contributed by atoms with Crippen LogP contribution in [0.1, 0.15) is 45.4 Å². The van der Waals surface area contributed by atoms with Crippen LogP contribution in [0, 0.1) is 0 Å². The maximum absolute atomic E-state index is 5.49. The smallest absolute Gasteiger partial charge is 0.225 e. The van der Waals surface area contributed by atoms with Crippen LogP contribution in [0.15, 0.2) is 12.1 Å². The molecule has 0 bridgehead atoms. The number of nitrogens with zero attached hydrogens (tertiary/aromatic N) is 2. The van der Waals surface area contributed by atoms with E-state index in [1.807, 2.05) is 12.1 Å². The first-order valence-corrected chi connectivity index (χ1v) is 10.4. The molecule has 154 valence electrons. The fourth-order valence-electron chi connectivity index (χ4n) is 3.57. The van der Waals surface area contributed by atoms with Gasteiger partial charge < -0.3 is 25.4 Å². The molecule has 1 aliphatic heterocycles. The average molecular weight is 388 g/mol. The van der Waals surface area contributed by atoms with Gasteiger partial charge in [0.15, 0.2) is 11.5 Å². The lowest BCUT2D eigenvalue weighted by Crippen LogP contribution is -2.38. The third kappa shape index (κ3) is 5.16. The summed E-state index contributed by atoms with van der Waals surface area (Å²) in [6, 6.07) is 4.23. The van der Waals surface area contributed by atoms with Gasteiger partial charge in [-0.15, -0.1) is 0 Å². The molecule has 1 fully saturated rings. The Labute approximate surface area is 167 Å². The van der Waals surface area contributed by atoms with Crippen LogP contribution in [-0.4, -0.2) is 49.9 Å². The Hall–Kier alpha value is -2.28. The molecular weight excluding hydrogens is 354 g/mol. The summed E-state index contributed by atoms with van der Waals surface area (Å²) in [4.78, 5) is 9.50. The molecule has 7 nitrogen and oxygen atoms in total. The molecular formula is C21H33N5O2. The van der Waals surface area contributed by atoms with E-state index < -0.39 is 0 Å². The summed E-state index contributed by atoms with van der Waals surface area (Å²) in [5.74, 6) is 2.86. The molecule has 1 aromatic heterocycles. The second-order valence-corrected chi connectivity index (χ2v) is 7.30. The molecule has 28 heavy (non-hydrogen) atoms. The fourth-order valence-corrected chi connectivity index (χ4v) is 3.57. The highest BCUT2D eigenvalue weighted by molar-refractivity contribution is 5.92. The van der Waals surface area contributed by atoms with Crippen molar-refractivity contribution in [3.05, 3.63) is 12.1 Å². The molecule has 0 amide bonds. The topological polar surface area (TPSA) is 80.3 Å². The maximum Gasteiger partial charge on any atom is 0.225 e. The summed E-state index contributed by atoms with van der Waals surface area (Å²) >= 11 is 0. The first kappa shape index (κ1) is 20.5. The van der Waals surface area contributed by atoms with Gasteiger partial charge in [0.05, 0.1) is 19.7 Å². The molecule has 3 rings (SSSR count). The van der Waals surface area contributed by atoms with E-state index in [4.69, 9.17) is 19.4 Å². The first-order chi connectivity index (χ1) is 13.7. The van der Waals surface area contributed by atoms with Crippen LogP contribution in [0.25, 0.3) is 10.9 Å². The van der Waals surface area contributed by atoms with E-state index in [2.05, 4.69) is 22.9 Å². The summed E-state index contributed by atoms with van der Waals surface area (Å²) in [5, 5.41) is 11.4. The molecule has 1 unspecified atom stereocenters. The number of piperidine rings is 1. The highest BCUT2D eigenvalue weighted by atomic mass is 16.5. The monoisotopic (exact) mass is 387 g/mol. The Balaban J connectivity index is 1.88. The van der Waals surface area contributed by atoms with Crippen molar-refractivity contribution in [1.29, 1.82) is 0 Å². The van der Waals surface area contributed by atoms with Gasteiger partial charge in [-0.1, -0.05) is 26.2 Å². The van der Waals surface area contributed by atoms with Crippen LogP contribution in [0.3, 0.4) is 0 Å². The minimum Gasteiger partial charge on any atom is -0.493 e. The Kier molecular flexibility index (Phi) is 7.54. The van der Waals surface area contributed by atoms with Crippen molar-refractivity contribution in [1.82, 2.24) is 15.3 Å². The zero-order chi connectivity index (χ0) is 19.8. The SMILES string of the molecule is CCCCCCNc1nc(NC2CCCNC2)c2cc(OC)c(OC)cc2n1. The van der Waals surface area contributed by atoms with Gasteiger partial charge in [0.1, 0.15) is 5.82 Å². The number of unbranched alkanes of at least 4 members (excludes halogenated alkanes) is 3. The van der Waals surface area contributed by atoms with Crippen LogP contribution >= 0.6 is 0 Å². The average Bonchev–Trinajstić information content (AvgIpc) is 2.73. The third-order valence-electron chi connectivity index (χ3n) is 5.15. The van der Waals surface area contributed by atoms with Crippen LogP contribution in [0.5, 0.6) is 11.5 Å². The van der Waals surface area contributed by atoms with Crippen molar-refractivity contribution >= 4 is 22.7 Å². The Morgan fingerprint density at radius 3 is 2.64 bits per heavy atom. The van der Waals surface area contributed by atoms with Gasteiger partial charge in [0.2, 0.25) is 5.95 Å². The lowest BCUT2D eigenvalue weighted by molar-refractivity contribution is 0.356. The highest BCUT2D eigenvalue weighted by Crippen LogP contribution is 2.35. The normalized spacial score (nSPS) is 16.8. The predicted molar refractivity (Wildman–Crippen MR) is 115 cm³/mol. The van der Waals surface area contributed by atoms with Crippen LogP contribution < -0.4 is 25.4 Å². The largest absolute Gasteiger partial charge is 0.493 e. The second-order valence-electron chi connectivity index (χ2n) is 7.30. The van der Waals surface area contributed by atoms with E-state index in [0.29, 0.717) is 23.5 Å². The quantitative estimate of drug-likeness (QED) is 0.535. The molecule has 1 saturated heterocycles. The molecule has 1 aromatic carbocycles. The fraction of sp³-hybridized carbons (Fsp3) is 0.619. The van der Waals surface area contributed by atoms with Gasteiger partial charge in [-0.3, -0.25) is 0 Å². The van der Waals surface area contributed by atoms with Crippen LogP contribution in [0.4, 0.5) is 11.8 Å². The molecule has 1 aliphatic rings. The summed E-state index contributed by atoms with van der Waals surface area (Å²) in [6.07, 6.45) is 7.14. The predicted octanol–water partition coefficient (Wildman–Crippen LogP) is 3.80. The van der Waals surface area contributed by atoms with Gasteiger partial charge in [-0.2, -0.15) is 4.98 Å². The van der Waals surface area contributed by atoms with E-state index in [-0.39, 0.29) is 0 Å². The second kappa shape index (κ2) is 10.3. The minimum absolute atomic E-state index is 0.359. The minimum atomic E-state index is 0.359. The molecule has 2 heterocycles. The number of hydrogen-bond acceptors (Lipinski definition) is 7. The number of anilines is 2. The van der Waals surface area contributed by atoms with Gasteiger partial charge in [-0.25, -0.2) is 4.98 Å². The standard InChI is InChI=1S/C21H33N5O2/c1-4-5-6-7-11-23-21-25-17-13-19(28-3)18(27-2)12-16(17)20(26-21)24-15-9-8-10-22-14-15/h12-13,15,22H,4-11,14H2,1-3H3,(H2,23,24,25,26). The number of methoxy groups -OCH3 is 2. The van der Waals surface area contributed by atoms with Gasteiger partial charge >= 0.3 is 0 Å². The lowest BCUT2D eigenvalue weighted by Gasteiger charge is -2.25. The van der Waals surface area contributed by atoms with Crippen molar-refractivity contribution < 1.29 is 9.47 Å². The molecule has 0 spiro atoms. The van der Waals surface area contributed by atoms with E-state index in [9.17, 15) is 0 Å².